The third-order valence-corrected chi connectivity index (χ3v) is 6.62. The van der Waals surface area contributed by atoms with Crippen molar-refractivity contribution in [2.75, 3.05) is 25.0 Å². The number of hydrogen-bond donors (Lipinski definition) is 1. The van der Waals surface area contributed by atoms with Gasteiger partial charge >= 0.3 is 0 Å². The number of carbonyl (C=O) groups is 1. The molecule has 1 N–H and O–H groups in total. The third-order valence-electron chi connectivity index (χ3n) is 4.78. The van der Waals surface area contributed by atoms with Crippen molar-refractivity contribution in [1.29, 1.82) is 0 Å². The summed E-state index contributed by atoms with van der Waals surface area (Å²) in [6, 6.07) is 11.6. The van der Waals surface area contributed by atoms with Gasteiger partial charge in [0.2, 0.25) is 10.0 Å². The predicted molar refractivity (Wildman–Crippen MR) is 109 cm³/mol. The number of hydrogen-bond acceptors (Lipinski definition) is 4. The van der Waals surface area contributed by atoms with Gasteiger partial charge in [-0.3, -0.25) is 4.79 Å². The third kappa shape index (κ3) is 5.55. The Morgan fingerprint density at radius 3 is 2.41 bits per heavy atom. The van der Waals surface area contributed by atoms with E-state index in [0.717, 1.165) is 6.42 Å². The highest BCUT2D eigenvalue weighted by Gasteiger charge is 2.31. The number of carbonyl (C=O) groups excluding carboxylic acids is 1. The molecule has 8 heteroatoms. The summed E-state index contributed by atoms with van der Waals surface area (Å²) >= 11 is 0. The molecule has 0 radical (unpaired) electrons. The van der Waals surface area contributed by atoms with Crippen LogP contribution in [0.1, 0.15) is 20.3 Å². The van der Waals surface area contributed by atoms with Crippen LogP contribution in [0.3, 0.4) is 0 Å². The molecule has 0 saturated carbocycles. The van der Waals surface area contributed by atoms with E-state index in [1.54, 1.807) is 18.2 Å². The van der Waals surface area contributed by atoms with Crippen LogP contribution in [0.25, 0.3) is 0 Å². The van der Waals surface area contributed by atoms with Crippen molar-refractivity contribution >= 4 is 21.6 Å². The zero-order valence-corrected chi connectivity index (χ0v) is 17.3. The molecule has 0 bridgehead atoms. The van der Waals surface area contributed by atoms with Crippen LogP contribution in [0.5, 0.6) is 5.75 Å². The molecule has 0 aromatic heterocycles. The summed E-state index contributed by atoms with van der Waals surface area (Å²) in [5.74, 6) is 0.0303. The van der Waals surface area contributed by atoms with Gasteiger partial charge in [0, 0.05) is 24.8 Å². The fourth-order valence-corrected chi connectivity index (χ4v) is 5.24. The lowest BCUT2D eigenvalue weighted by atomic mass is 9.94. The Kier molecular flexibility index (Phi) is 6.54. The molecule has 3 rings (SSSR count). The smallest absolute Gasteiger partial charge is 0.262 e. The zero-order chi connectivity index (χ0) is 21.0. The second-order valence-corrected chi connectivity index (χ2v) is 9.52. The Labute approximate surface area is 170 Å². The molecule has 0 spiro atoms. The summed E-state index contributed by atoms with van der Waals surface area (Å²) in [5, 5.41) is 2.63. The normalized spacial score (nSPS) is 20.2. The Morgan fingerprint density at radius 1 is 1.14 bits per heavy atom. The van der Waals surface area contributed by atoms with E-state index in [-0.39, 0.29) is 17.3 Å². The number of nitrogens with zero attached hydrogens (tertiary/aromatic N) is 1. The first-order chi connectivity index (χ1) is 13.7. The second-order valence-electron chi connectivity index (χ2n) is 7.59. The van der Waals surface area contributed by atoms with Crippen molar-refractivity contribution < 1.29 is 22.3 Å². The highest BCUT2D eigenvalue weighted by Crippen LogP contribution is 2.27. The Bertz CT molecular complexity index is 953. The largest absolute Gasteiger partial charge is 0.484 e. The molecule has 1 aliphatic heterocycles. The van der Waals surface area contributed by atoms with Crippen LogP contribution in [-0.2, 0) is 14.8 Å². The number of piperidine rings is 1. The topological polar surface area (TPSA) is 75.7 Å². The van der Waals surface area contributed by atoms with E-state index < -0.39 is 21.7 Å². The molecule has 1 aliphatic rings. The molecule has 6 nitrogen and oxygen atoms in total. The number of halogens is 1. The summed E-state index contributed by atoms with van der Waals surface area (Å²) in [6.07, 6.45) is 1.02. The summed E-state index contributed by atoms with van der Waals surface area (Å²) < 4.78 is 45.7. The van der Waals surface area contributed by atoms with Gasteiger partial charge in [0.15, 0.2) is 6.61 Å². The summed E-state index contributed by atoms with van der Waals surface area (Å²) in [6.45, 7) is 4.86. The minimum atomic E-state index is -3.56. The summed E-state index contributed by atoms with van der Waals surface area (Å²) in [7, 11) is -3.56. The van der Waals surface area contributed by atoms with Crippen LogP contribution in [0.15, 0.2) is 53.4 Å². The Hall–Kier alpha value is -2.45. The van der Waals surface area contributed by atoms with Crippen LogP contribution < -0.4 is 10.1 Å². The molecule has 1 amide bonds. The SMILES string of the molecule is C[C@@H]1C[C@@H](C)CN(S(=O)(=O)c2ccc(NC(=O)COc3cccc(F)c3)cc2)C1. The van der Waals surface area contributed by atoms with E-state index in [1.165, 1.54) is 34.6 Å². The van der Waals surface area contributed by atoms with Crippen molar-refractivity contribution in [3.63, 3.8) is 0 Å². The van der Waals surface area contributed by atoms with E-state index in [4.69, 9.17) is 4.74 Å². The highest BCUT2D eigenvalue weighted by atomic mass is 32.2. The van der Waals surface area contributed by atoms with Crippen molar-refractivity contribution in [2.24, 2.45) is 11.8 Å². The second kappa shape index (κ2) is 8.92. The maximum atomic E-state index is 13.1. The Balaban J connectivity index is 1.60. The standard InChI is InChI=1S/C21H25FN2O4S/c1-15-10-16(2)13-24(12-15)29(26,27)20-8-6-18(7-9-20)23-21(25)14-28-19-5-3-4-17(22)11-19/h3-9,11,15-16H,10,12-14H2,1-2H3,(H,23,25)/t15-,16-/m1/s1. The van der Waals surface area contributed by atoms with Gasteiger partial charge in [-0.05, 0) is 54.7 Å². The molecule has 2 atom stereocenters. The van der Waals surface area contributed by atoms with Gasteiger partial charge in [-0.25, -0.2) is 12.8 Å². The first-order valence-electron chi connectivity index (χ1n) is 9.52. The van der Waals surface area contributed by atoms with Crippen LogP contribution in [0.4, 0.5) is 10.1 Å². The molecule has 1 saturated heterocycles. The number of nitrogens with one attached hydrogen (secondary N) is 1. The van der Waals surface area contributed by atoms with E-state index >= 15 is 0 Å². The van der Waals surface area contributed by atoms with E-state index in [9.17, 15) is 17.6 Å². The number of anilines is 1. The van der Waals surface area contributed by atoms with E-state index in [1.807, 2.05) is 0 Å². The molecular formula is C21H25FN2O4S. The van der Waals surface area contributed by atoms with Crippen LogP contribution >= 0.6 is 0 Å². The summed E-state index contributed by atoms with van der Waals surface area (Å²) in [5.41, 5.74) is 0.456. The minimum Gasteiger partial charge on any atom is -0.484 e. The fraction of sp³-hybridized carbons (Fsp3) is 0.381. The maximum absolute atomic E-state index is 13.1. The zero-order valence-electron chi connectivity index (χ0n) is 16.5. The van der Waals surface area contributed by atoms with Crippen molar-refractivity contribution in [2.45, 2.75) is 25.2 Å². The monoisotopic (exact) mass is 420 g/mol. The molecule has 29 heavy (non-hydrogen) atoms. The quantitative estimate of drug-likeness (QED) is 0.776. The molecule has 0 aliphatic carbocycles. The predicted octanol–water partition coefficient (Wildman–Crippen LogP) is 3.51. The fourth-order valence-electron chi connectivity index (χ4n) is 3.56. The van der Waals surface area contributed by atoms with Gasteiger partial charge in [0.25, 0.3) is 5.91 Å². The molecule has 2 aromatic carbocycles. The van der Waals surface area contributed by atoms with E-state index in [2.05, 4.69) is 19.2 Å². The lowest BCUT2D eigenvalue weighted by Crippen LogP contribution is -2.42. The molecule has 1 fully saturated rings. The minimum absolute atomic E-state index is 0.202. The van der Waals surface area contributed by atoms with Gasteiger partial charge in [-0.2, -0.15) is 4.31 Å². The van der Waals surface area contributed by atoms with Gasteiger partial charge < -0.3 is 10.1 Å². The van der Waals surface area contributed by atoms with E-state index in [0.29, 0.717) is 30.6 Å². The lowest BCUT2D eigenvalue weighted by molar-refractivity contribution is -0.118. The number of rotatable bonds is 6. The number of amides is 1. The highest BCUT2D eigenvalue weighted by molar-refractivity contribution is 7.89. The average Bonchev–Trinajstić information content (AvgIpc) is 2.66. The molecule has 156 valence electrons. The maximum Gasteiger partial charge on any atom is 0.262 e. The van der Waals surface area contributed by atoms with Gasteiger partial charge in [0.1, 0.15) is 11.6 Å². The first kappa shape index (κ1) is 21.3. The van der Waals surface area contributed by atoms with Crippen molar-refractivity contribution in [1.82, 2.24) is 4.31 Å². The molecule has 2 aromatic rings. The van der Waals surface area contributed by atoms with Gasteiger partial charge in [-0.15, -0.1) is 0 Å². The van der Waals surface area contributed by atoms with Crippen molar-refractivity contribution in [3.8, 4) is 5.75 Å². The van der Waals surface area contributed by atoms with Crippen LogP contribution in [0, 0.1) is 17.7 Å². The lowest BCUT2D eigenvalue weighted by Gasteiger charge is -2.34. The Morgan fingerprint density at radius 2 is 1.79 bits per heavy atom. The average molecular weight is 421 g/mol. The molecule has 0 unspecified atom stereocenters. The van der Waals surface area contributed by atoms with Gasteiger partial charge in [0.05, 0.1) is 4.90 Å². The number of benzene rings is 2. The first-order valence-corrected chi connectivity index (χ1v) is 11.0. The molecule has 1 heterocycles. The summed E-state index contributed by atoms with van der Waals surface area (Å²) in [4.78, 5) is 12.2. The molecular weight excluding hydrogens is 395 g/mol. The van der Waals surface area contributed by atoms with Crippen LogP contribution in [-0.4, -0.2) is 38.3 Å². The van der Waals surface area contributed by atoms with Gasteiger partial charge in [-0.1, -0.05) is 19.9 Å². The van der Waals surface area contributed by atoms with Crippen molar-refractivity contribution in [3.05, 3.63) is 54.3 Å². The number of ether oxygens (including phenoxy) is 1. The number of sulfonamides is 1. The van der Waals surface area contributed by atoms with Crippen LogP contribution in [0.2, 0.25) is 0 Å².